The summed E-state index contributed by atoms with van der Waals surface area (Å²) in [5, 5.41) is 10.8. The first-order chi connectivity index (χ1) is 17.4. The van der Waals surface area contributed by atoms with Crippen LogP contribution in [0.25, 0.3) is 5.69 Å². The Morgan fingerprint density at radius 2 is 1.75 bits per heavy atom. The maximum absolute atomic E-state index is 13.2. The van der Waals surface area contributed by atoms with Crippen LogP contribution in [0.5, 0.6) is 0 Å². The Labute approximate surface area is 207 Å². The van der Waals surface area contributed by atoms with Crippen LogP contribution in [0.3, 0.4) is 0 Å². The number of aromatic nitrogens is 2. The smallest absolute Gasteiger partial charge is 0.333 e. The summed E-state index contributed by atoms with van der Waals surface area (Å²) in [5.41, 5.74) is 3.93. The Kier molecular flexibility index (Phi) is 6.97. The second-order valence-electron chi connectivity index (χ2n) is 9.15. The van der Waals surface area contributed by atoms with Crippen molar-refractivity contribution in [3.8, 4) is 5.69 Å². The SMILES string of the molecule is O=C(Nc1c2c(nn1-c1ccccc1)CCC2)N[C@H]1CN(CCOC(F)(F)F)C[C@@H]1c1ccccc1. The van der Waals surface area contributed by atoms with Crippen molar-refractivity contribution < 1.29 is 22.7 Å². The number of anilines is 1. The molecule has 3 aromatic rings. The number of amides is 2. The molecule has 1 saturated heterocycles. The normalized spacial score (nSPS) is 19.9. The predicted molar refractivity (Wildman–Crippen MR) is 129 cm³/mol. The first-order valence-corrected chi connectivity index (χ1v) is 12.1. The summed E-state index contributed by atoms with van der Waals surface area (Å²) >= 11 is 0. The number of hydrogen-bond donors (Lipinski definition) is 2. The van der Waals surface area contributed by atoms with Crippen LogP contribution < -0.4 is 10.6 Å². The van der Waals surface area contributed by atoms with Crippen molar-refractivity contribution in [2.75, 3.05) is 31.6 Å². The Balaban J connectivity index is 1.31. The molecule has 7 nitrogen and oxygen atoms in total. The average molecular weight is 500 g/mol. The molecule has 2 atom stereocenters. The van der Waals surface area contributed by atoms with E-state index >= 15 is 0 Å². The summed E-state index contributed by atoms with van der Waals surface area (Å²) in [6, 6.07) is 18.7. The standard InChI is InChI=1S/C26H28F3N5O2/c27-26(28,29)36-15-14-33-16-21(18-8-3-1-4-9-18)23(17-33)30-25(35)31-24-20-12-7-13-22(20)32-34(24)19-10-5-2-6-11-19/h1-6,8-11,21,23H,7,12-17H2,(H2,30,31,35)/t21-,23+/m1/s1. The molecule has 1 aliphatic carbocycles. The molecular formula is C26H28F3N5O2. The topological polar surface area (TPSA) is 71.4 Å². The van der Waals surface area contributed by atoms with Gasteiger partial charge in [0.1, 0.15) is 5.82 Å². The van der Waals surface area contributed by atoms with Crippen LogP contribution in [-0.2, 0) is 17.6 Å². The molecular weight excluding hydrogens is 471 g/mol. The number of carbonyl (C=O) groups is 1. The summed E-state index contributed by atoms with van der Waals surface area (Å²) in [6.07, 6.45) is -1.94. The van der Waals surface area contributed by atoms with E-state index in [1.54, 1.807) is 4.68 Å². The van der Waals surface area contributed by atoms with Crippen LogP contribution in [0.2, 0.25) is 0 Å². The van der Waals surface area contributed by atoms with Gasteiger partial charge in [-0.3, -0.25) is 15.0 Å². The molecule has 1 fully saturated rings. The van der Waals surface area contributed by atoms with Gasteiger partial charge in [-0.2, -0.15) is 5.10 Å². The van der Waals surface area contributed by atoms with Crippen LogP contribution in [-0.4, -0.2) is 59.4 Å². The maximum atomic E-state index is 13.2. The third-order valence-corrected chi connectivity index (χ3v) is 6.75. The lowest BCUT2D eigenvalue weighted by Crippen LogP contribution is -2.42. The molecule has 2 amide bonds. The minimum absolute atomic E-state index is 0.0624. The second-order valence-corrected chi connectivity index (χ2v) is 9.15. The Morgan fingerprint density at radius 3 is 2.47 bits per heavy atom. The van der Waals surface area contributed by atoms with E-state index in [-0.39, 0.29) is 24.5 Å². The van der Waals surface area contributed by atoms with Crippen LogP contribution >= 0.6 is 0 Å². The number of nitrogens with zero attached hydrogens (tertiary/aromatic N) is 3. The number of para-hydroxylation sites is 1. The van der Waals surface area contributed by atoms with Gasteiger partial charge in [-0.1, -0.05) is 48.5 Å². The van der Waals surface area contributed by atoms with Crippen molar-refractivity contribution in [3.05, 3.63) is 77.5 Å². The molecule has 36 heavy (non-hydrogen) atoms. The fourth-order valence-corrected chi connectivity index (χ4v) is 5.13. The molecule has 0 saturated carbocycles. The van der Waals surface area contributed by atoms with Crippen molar-refractivity contribution >= 4 is 11.8 Å². The van der Waals surface area contributed by atoms with Gasteiger partial charge in [0.05, 0.1) is 24.0 Å². The fraction of sp³-hybridized carbons (Fsp3) is 0.385. The van der Waals surface area contributed by atoms with Gasteiger partial charge < -0.3 is 5.32 Å². The molecule has 1 aliphatic heterocycles. The predicted octanol–water partition coefficient (Wildman–Crippen LogP) is 4.49. The van der Waals surface area contributed by atoms with Crippen LogP contribution in [0.15, 0.2) is 60.7 Å². The number of benzene rings is 2. The zero-order valence-corrected chi connectivity index (χ0v) is 19.7. The van der Waals surface area contributed by atoms with Crippen LogP contribution in [0, 0.1) is 0 Å². The lowest BCUT2D eigenvalue weighted by Gasteiger charge is -2.21. The van der Waals surface area contributed by atoms with Gasteiger partial charge in [0, 0.05) is 31.1 Å². The summed E-state index contributed by atoms with van der Waals surface area (Å²) < 4.78 is 43.0. The maximum Gasteiger partial charge on any atom is 0.522 e. The third-order valence-electron chi connectivity index (χ3n) is 6.75. The summed E-state index contributed by atoms with van der Waals surface area (Å²) in [5.74, 6) is 0.600. The zero-order valence-electron chi connectivity index (χ0n) is 19.7. The molecule has 2 N–H and O–H groups in total. The first-order valence-electron chi connectivity index (χ1n) is 12.1. The van der Waals surface area contributed by atoms with Crippen molar-refractivity contribution in [2.24, 2.45) is 0 Å². The quantitative estimate of drug-likeness (QED) is 0.503. The minimum atomic E-state index is -4.65. The molecule has 2 aliphatic rings. The number of halogens is 3. The molecule has 0 bridgehead atoms. The van der Waals surface area contributed by atoms with Gasteiger partial charge in [-0.05, 0) is 37.0 Å². The molecule has 0 spiro atoms. The van der Waals surface area contributed by atoms with Gasteiger partial charge in [0.15, 0.2) is 0 Å². The van der Waals surface area contributed by atoms with Crippen molar-refractivity contribution in [3.63, 3.8) is 0 Å². The number of aryl methyl sites for hydroxylation is 1. The molecule has 0 radical (unpaired) electrons. The van der Waals surface area contributed by atoms with Crippen molar-refractivity contribution in [1.82, 2.24) is 20.0 Å². The number of ether oxygens (including phenoxy) is 1. The molecule has 2 aromatic carbocycles. The number of hydrogen-bond acceptors (Lipinski definition) is 4. The number of likely N-dealkylation sites (tertiary alicyclic amines) is 1. The van der Waals surface area contributed by atoms with E-state index in [1.165, 1.54) is 0 Å². The van der Waals surface area contributed by atoms with Gasteiger partial charge in [-0.15, -0.1) is 13.2 Å². The van der Waals surface area contributed by atoms with E-state index in [1.807, 2.05) is 65.6 Å². The highest BCUT2D eigenvalue weighted by Gasteiger charge is 2.36. The Morgan fingerprint density at radius 1 is 1.03 bits per heavy atom. The van der Waals surface area contributed by atoms with Crippen molar-refractivity contribution in [2.45, 2.75) is 37.6 Å². The van der Waals surface area contributed by atoms with Crippen molar-refractivity contribution in [1.29, 1.82) is 0 Å². The summed E-state index contributed by atoms with van der Waals surface area (Å²) in [4.78, 5) is 15.1. The number of nitrogens with one attached hydrogen (secondary N) is 2. The number of rotatable bonds is 7. The van der Waals surface area contributed by atoms with E-state index in [0.29, 0.717) is 18.9 Å². The average Bonchev–Trinajstić information content (AvgIpc) is 3.56. The molecule has 10 heteroatoms. The highest BCUT2D eigenvalue weighted by atomic mass is 19.4. The number of alkyl halides is 3. The Hall–Kier alpha value is -3.37. The monoisotopic (exact) mass is 499 g/mol. The van der Waals surface area contributed by atoms with E-state index in [2.05, 4.69) is 15.4 Å². The van der Waals surface area contributed by atoms with E-state index in [4.69, 9.17) is 5.10 Å². The lowest BCUT2D eigenvalue weighted by molar-refractivity contribution is -0.324. The largest absolute Gasteiger partial charge is 0.522 e. The second kappa shape index (κ2) is 10.3. The Bertz CT molecular complexity index is 1180. The molecule has 5 rings (SSSR count). The minimum Gasteiger partial charge on any atom is -0.333 e. The highest BCUT2D eigenvalue weighted by molar-refractivity contribution is 5.90. The lowest BCUT2D eigenvalue weighted by atomic mass is 9.94. The molecule has 190 valence electrons. The van der Waals surface area contributed by atoms with E-state index < -0.39 is 13.0 Å². The molecule has 2 heterocycles. The number of fused-ring (bicyclic) bond motifs is 1. The van der Waals surface area contributed by atoms with Crippen LogP contribution in [0.1, 0.15) is 29.2 Å². The van der Waals surface area contributed by atoms with Gasteiger partial charge in [0.25, 0.3) is 0 Å². The summed E-state index contributed by atoms with van der Waals surface area (Å²) in [6.45, 7) is 0.612. The molecule has 0 unspecified atom stereocenters. The van der Waals surface area contributed by atoms with E-state index in [9.17, 15) is 18.0 Å². The van der Waals surface area contributed by atoms with Crippen LogP contribution in [0.4, 0.5) is 23.8 Å². The van der Waals surface area contributed by atoms with Gasteiger partial charge in [0.2, 0.25) is 0 Å². The third kappa shape index (κ3) is 5.55. The first kappa shape index (κ1) is 24.3. The number of carbonyl (C=O) groups excluding carboxylic acids is 1. The van der Waals surface area contributed by atoms with Gasteiger partial charge >= 0.3 is 12.4 Å². The van der Waals surface area contributed by atoms with E-state index in [0.717, 1.165) is 41.8 Å². The van der Waals surface area contributed by atoms with Gasteiger partial charge in [-0.25, -0.2) is 9.48 Å². The molecule has 1 aromatic heterocycles. The zero-order chi connectivity index (χ0) is 25.1. The number of urea groups is 1. The highest BCUT2D eigenvalue weighted by Crippen LogP contribution is 2.32. The fourth-order valence-electron chi connectivity index (χ4n) is 5.13. The summed E-state index contributed by atoms with van der Waals surface area (Å²) in [7, 11) is 0.